The average Bonchev–Trinajstić information content (AvgIpc) is 3.37. The summed E-state index contributed by atoms with van der Waals surface area (Å²) in [6.07, 6.45) is -1.55. The Hall–Kier alpha value is -2.97. The van der Waals surface area contributed by atoms with E-state index in [1.165, 1.54) is 27.4 Å². The molecule has 1 saturated heterocycles. The number of benzene rings is 2. The maximum absolute atomic E-state index is 13.4. The Bertz CT molecular complexity index is 1230. The highest BCUT2D eigenvalue weighted by molar-refractivity contribution is 6.01. The number of rotatable bonds is 5. The van der Waals surface area contributed by atoms with Crippen LogP contribution < -0.4 is 19.6 Å². The van der Waals surface area contributed by atoms with Gasteiger partial charge in [0.1, 0.15) is 23.7 Å². The summed E-state index contributed by atoms with van der Waals surface area (Å²) in [6, 6.07) is 4.63. The number of aliphatic hydroxyl groups is 1. The van der Waals surface area contributed by atoms with Crippen LogP contribution in [0.2, 0.25) is 0 Å². The molecule has 2 heterocycles. The second kappa shape index (κ2) is 6.78. The number of epoxide rings is 1. The number of hydrogen-bond acceptors (Lipinski definition) is 7. The van der Waals surface area contributed by atoms with Crippen molar-refractivity contribution in [1.82, 2.24) is 4.57 Å². The van der Waals surface area contributed by atoms with Crippen LogP contribution in [0, 0.1) is 0 Å². The van der Waals surface area contributed by atoms with Gasteiger partial charge in [0.15, 0.2) is 11.5 Å². The smallest absolute Gasteiger partial charge is 0.201 e. The Kier molecular flexibility index (Phi) is 4.59. The first kappa shape index (κ1) is 20.3. The van der Waals surface area contributed by atoms with E-state index in [9.17, 15) is 15.0 Å². The van der Waals surface area contributed by atoms with Crippen LogP contribution in [-0.4, -0.2) is 47.8 Å². The molecule has 30 heavy (non-hydrogen) atoms. The molecule has 2 unspecified atom stereocenters. The highest BCUT2D eigenvalue weighted by atomic mass is 16.6. The van der Waals surface area contributed by atoms with Crippen molar-refractivity contribution in [3.8, 4) is 23.0 Å². The fourth-order valence-corrected chi connectivity index (χ4v) is 4.24. The van der Waals surface area contributed by atoms with Gasteiger partial charge in [-0.2, -0.15) is 0 Å². The number of fused-ring (bicyclic) bond motifs is 2. The summed E-state index contributed by atoms with van der Waals surface area (Å²) in [5.74, 6) is 0.864. The maximum Gasteiger partial charge on any atom is 0.201 e. The minimum atomic E-state index is -1.07. The van der Waals surface area contributed by atoms with Crippen LogP contribution >= 0.6 is 0 Å². The summed E-state index contributed by atoms with van der Waals surface area (Å²) in [5.41, 5.74) is 0.294. The first-order chi connectivity index (χ1) is 14.2. The van der Waals surface area contributed by atoms with Gasteiger partial charge in [-0.15, -0.1) is 0 Å². The molecule has 8 heteroatoms. The molecule has 3 aromatic rings. The third-order valence-electron chi connectivity index (χ3n) is 5.80. The average molecular weight is 415 g/mol. The SMILES string of the molecule is COc1ccc2c(=O)c3c(O)cc(OC)c(C(O)C4OC4(C)C)c3n(C)c2c1OC. The number of methoxy groups -OCH3 is 3. The topological polar surface area (TPSA) is 103 Å². The molecule has 1 aliphatic rings. The number of aromatic nitrogens is 1. The van der Waals surface area contributed by atoms with E-state index in [1.54, 1.807) is 23.7 Å². The van der Waals surface area contributed by atoms with Crippen molar-refractivity contribution < 1.29 is 29.2 Å². The van der Waals surface area contributed by atoms with Crippen molar-refractivity contribution in [2.75, 3.05) is 21.3 Å². The second-order valence-corrected chi connectivity index (χ2v) is 7.91. The van der Waals surface area contributed by atoms with Crippen LogP contribution in [0.15, 0.2) is 23.0 Å². The van der Waals surface area contributed by atoms with Crippen molar-refractivity contribution in [1.29, 1.82) is 0 Å². The normalized spacial score (nSPS) is 18.4. The zero-order valence-corrected chi connectivity index (χ0v) is 17.8. The van der Waals surface area contributed by atoms with Crippen molar-refractivity contribution in [3.05, 3.63) is 34.0 Å². The number of nitrogens with zero attached hydrogens (tertiary/aromatic N) is 1. The molecular formula is C22H25NO7. The minimum Gasteiger partial charge on any atom is -0.507 e. The van der Waals surface area contributed by atoms with Gasteiger partial charge in [-0.05, 0) is 26.0 Å². The summed E-state index contributed by atoms with van der Waals surface area (Å²) in [5, 5.41) is 22.3. The second-order valence-electron chi connectivity index (χ2n) is 7.91. The van der Waals surface area contributed by atoms with E-state index in [0.29, 0.717) is 33.5 Å². The molecule has 2 N–H and O–H groups in total. The largest absolute Gasteiger partial charge is 0.507 e. The molecule has 1 fully saturated rings. The zero-order valence-electron chi connectivity index (χ0n) is 17.8. The Labute approximate surface area is 173 Å². The summed E-state index contributed by atoms with van der Waals surface area (Å²) in [4.78, 5) is 13.4. The Balaban J connectivity index is 2.21. The molecule has 0 bridgehead atoms. The fraction of sp³-hybridized carbons (Fsp3) is 0.409. The lowest BCUT2D eigenvalue weighted by Crippen LogP contribution is -2.18. The minimum absolute atomic E-state index is 0.0885. The van der Waals surface area contributed by atoms with E-state index in [0.717, 1.165) is 0 Å². The van der Waals surface area contributed by atoms with Gasteiger partial charge in [0.25, 0.3) is 0 Å². The van der Waals surface area contributed by atoms with Crippen LogP contribution in [0.4, 0.5) is 0 Å². The lowest BCUT2D eigenvalue weighted by molar-refractivity contribution is 0.134. The van der Waals surface area contributed by atoms with Crippen LogP contribution in [0.25, 0.3) is 21.8 Å². The Morgan fingerprint density at radius 1 is 1.10 bits per heavy atom. The standard InChI is InChI=1S/C22H25NO7/c1-22(2)21(30-22)19(26)15-13(28-5)9-11(24)14-17(15)23(3)16-10(18(14)25)7-8-12(27-4)20(16)29-6/h7-9,19,21,24,26H,1-6H3. The molecule has 2 atom stereocenters. The predicted octanol–water partition coefficient (Wildman–Crippen LogP) is 2.63. The number of phenols is 1. The summed E-state index contributed by atoms with van der Waals surface area (Å²) in [7, 11) is 6.18. The number of aliphatic hydroxyl groups excluding tert-OH is 1. The van der Waals surface area contributed by atoms with Gasteiger partial charge in [0, 0.05) is 18.7 Å². The number of ether oxygens (including phenoxy) is 4. The molecule has 1 aromatic heterocycles. The summed E-state index contributed by atoms with van der Waals surface area (Å²) >= 11 is 0. The molecule has 0 radical (unpaired) electrons. The van der Waals surface area contributed by atoms with E-state index in [4.69, 9.17) is 18.9 Å². The fourth-order valence-electron chi connectivity index (χ4n) is 4.24. The zero-order chi connectivity index (χ0) is 22.0. The van der Waals surface area contributed by atoms with Crippen molar-refractivity contribution in [2.24, 2.45) is 7.05 Å². The highest BCUT2D eigenvalue weighted by Crippen LogP contribution is 2.49. The van der Waals surface area contributed by atoms with E-state index in [1.807, 2.05) is 13.8 Å². The molecule has 4 rings (SSSR count). The number of aromatic hydroxyl groups is 1. The van der Waals surface area contributed by atoms with E-state index >= 15 is 0 Å². The van der Waals surface area contributed by atoms with Crippen molar-refractivity contribution >= 4 is 21.8 Å². The first-order valence-electron chi connectivity index (χ1n) is 9.51. The molecule has 2 aromatic carbocycles. The number of phenolic OH excluding ortho intramolecular Hbond substituents is 1. The van der Waals surface area contributed by atoms with Crippen LogP contribution in [0.5, 0.6) is 23.0 Å². The van der Waals surface area contributed by atoms with Gasteiger partial charge in [0.2, 0.25) is 5.43 Å². The van der Waals surface area contributed by atoms with Gasteiger partial charge in [-0.3, -0.25) is 4.79 Å². The number of hydrogen-bond donors (Lipinski definition) is 2. The first-order valence-corrected chi connectivity index (χ1v) is 9.51. The lowest BCUT2D eigenvalue weighted by Gasteiger charge is -2.22. The molecule has 8 nitrogen and oxygen atoms in total. The maximum atomic E-state index is 13.4. The lowest BCUT2D eigenvalue weighted by atomic mass is 9.94. The molecule has 0 amide bonds. The van der Waals surface area contributed by atoms with E-state index in [2.05, 4.69) is 0 Å². The van der Waals surface area contributed by atoms with E-state index in [-0.39, 0.29) is 22.3 Å². The van der Waals surface area contributed by atoms with Crippen molar-refractivity contribution in [2.45, 2.75) is 31.7 Å². The van der Waals surface area contributed by atoms with Gasteiger partial charge in [-0.1, -0.05) is 0 Å². The Morgan fingerprint density at radius 2 is 1.73 bits per heavy atom. The van der Waals surface area contributed by atoms with Gasteiger partial charge < -0.3 is 33.7 Å². The molecule has 1 aliphatic heterocycles. The molecule has 0 saturated carbocycles. The third kappa shape index (κ3) is 2.71. The monoisotopic (exact) mass is 415 g/mol. The molecular weight excluding hydrogens is 390 g/mol. The van der Waals surface area contributed by atoms with Crippen LogP contribution in [0.3, 0.4) is 0 Å². The third-order valence-corrected chi connectivity index (χ3v) is 5.80. The summed E-state index contributed by atoms with van der Waals surface area (Å²) in [6.45, 7) is 3.75. The van der Waals surface area contributed by atoms with Gasteiger partial charge in [-0.25, -0.2) is 0 Å². The number of aryl methyl sites for hydroxylation is 1. The van der Waals surface area contributed by atoms with Crippen molar-refractivity contribution in [3.63, 3.8) is 0 Å². The highest BCUT2D eigenvalue weighted by Gasteiger charge is 2.53. The van der Waals surface area contributed by atoms with Gasteiger partial charge in [0.05, 0.1) is 48.7 Å². The predicted molar refractivity (Wildman–Crippen MR) is 112 cm³/mol. The van der Waals surface area contributed by atoms with Crippen LogP contribution in [-0.2, 0) is 11.8 Å². The number of pyridine rings is 1. The molecule has 160 valence electrons. The molecule has 0 aliphatic carbocycles. The molecule has 0 spiro atoms. The van der Waals surface area contributed by atoms with Gasteiger partial charge >= 0.3 is 0 Å². The summed E-state index contributed by atoms with van der Waals surface area (Å²) < 4.78 is 23.8. The van der Waals surface area contributed by atoms with Crippen LogP contribution in [0.1, 0.15) is 25.5 Å². The van der Waals surface area contributed by atoms with E-state index < -0.39 is 17.8 Å². The quantitative estimate of drug-likeness (QED) is 0.488. The Morgan fingerprint density at radius 3 is 2.27 bits per heavy atom.